The third-order valence-electron chi connectivity index (χ3n) is 4.06. The van der Waals surface area contributed by atoms with Gasteiger partial charge in [0.2, 0.25) is 6.41 Å². The number of halogens is 1. The smallest absolute Gasteiger partial charge is 0.410 e. The van der Waals surface area contributed by atoms with Gasteiger partial charge in [-0.15, -0.1) is 0 Å². The average molecular weight is 351 g/mol. The molecule has 7 heteroatoms. The monoisotopic (exact) mass is 351 g/mol. The molecular weight excluding hydrogens is 325 g/mol. The fourth-order valence-corrected chi connectivity index (χ4v) is 2.78. The largest absolute Gasteiger partial charge is 0.444 e. The molecule has 1 aromatic rings. The quantitative estimate of drug-likeness (QED) is 0.797. The highest BCUT2D eigenvalue weighted by Gasteiger charge is 2.26. The molecule has 2 amide bonds. The molecule has 6 nitrogen and oxygen atoms in total. The van der Waals surface area contributed by atoms with E-state index < -0.39 is 11.4 Å². The number of carbonyl (C=O) groups is 2. The number of rotatable bonds is 5. The molecule has 0 spiro atoms. The lowest BCUT2D eigenvalue weighted by Gasteiger charge is -2.33. The van der Waals surface area contributed by atoms with E-state index in [1.165, 1.54) is 6.07 Å². The van der Waals surface area contributed by atoms with Crippen molar-refractivity contribution in [1.82, 2.24) is 4.90 Å². The van der Waals surface area contributed by atoms with Crippen LogP contribution in [0.2, 0.25) is 0 Å². The van der Waals surface area contributed by atoms with Gasteiger partial charge >= 0.3 is 6.09 Å². The van der Waals surface area contributed by atoms with Crippen molar-refractivity contribution >= 4 is 23.9 Å². The lowest BCUT2D eigenvalue weighted by atomic mass is 9.97. The van der Waals surface area contributed by atoms with Crippen LogP contribution in [0.5, 0.6) is 0 Å². The van der Waals surface area contributed by atoms with E-state index in [0.717, 1.165) is 12.8 Å². The number of hydrogen-bond acceptors (Lipinski definition) is 4. The maximum Gasteiger partial charge on any atom is 0.410 e. The molecule has 0 saturated carbocycles. The van der Waals surface area contributed by atoms with Crippen LogP contribution in [0.4, 0.5) is 20.6 Å². The number of likely N-dealkylation sites (tertiary alicyclic amines) is 1. The highest BCUT2D eigenvalue weighted by molar-refractivity contribution is 5.81. The van der Waals surface area contributed by atoms with Crippen LogP contribution in [0.15, 0.2) is 18.2 Å². The molecule has 1 aromatic carbocycles. The summed E-state index contributed by atoms with van der Waals surface area (Å²) in [4.78, 5) is 24.4. The summed E-state index contributed by atoms with van der Waals surface area (Å²) in [6, 6.07) is 4.54. The number of nitrogens with one attached hydrogen (secondary N) is 2. The van der Waals surface area contributed by atoms with Crippen LogP contribution >= 0.6 is 0 Å². The zero-order chi connectivity index (χ0) is 18.4. The van der Waals surface area contributed by atoms with E-state index >= 15 is 0 Å². The second-order valence-corrected chi connectivity index (χ2v) is 7.22. The number of hydrogen-bond donors (Lipinski definition) is 2. The van der Waals surface area contributed by atoms with E-state index in [1.54, 1.807) is 17.0 Å². The van der Waals surface area contributed by atoms with Crippen LogP contribution in [-0.2, 0) is 9.53 Å². The fraction of sp³-hybridized carbons (Fsp3) is 0.556. The molecule has 0 bridgehead atoms. The molecule has 1 aliphatic heterocycles. The molecule has 138 valence electrons. The van der Waals surface area contributed by atoms with Gasteiger partial charge in [0.1, 0.15) is 11.4 Å². The third kappa shape index (κ3) is 5.62. The highest BCUT2D eigenvalue weighted by atomic mass is 19.1. The lowest BCUT2D eigenvalue weighted by Crippen LogP contribution is -2.42. The number of amides is 2. The van der Waals surface area contributed by atoms with E-state index in [2.05, 4.69) is 10.6 Å². The zero-order valence-electron chi connectivity index (χ0n) is 15.0. The number of carbonyl (C=O) groups excluding carboxylic acids is 2. The van der Waals surface area contributed by atoms with Gasteiger partial charge in [-0.05, 0) is 51.7 Å². The maximum atomic E-state index is 14.0. The van der Waals surface area contributed by atoms with Crippen molar-refractivity contribution < 1.29 is 18.7 Å². The van der Waals surface area contributed by atoms with Crippen LogP contribution in [0.1, 0.15) is 33.6 Å². The summed E-state index contributed by atoms with van der Waals surface area (Å²) in [7, 11) is 0. The first-order valence-electron chi connectivity index (χ1n) is 8.50. The fourth-order valence-electron chi connectivity index (χ4n) is 2.78. The molecule has 0 radical (unpaired) electrons. The number of benzene rings is 1. The van der Waals surface area contributed by atoms with Gasteiger partial charge < -0.3 is 20.3 Å². The Morgan fingerprint density at radius 1 is 1.36 bits per heavy atom. The van der Waals surface area contributed by atoms with Crippen LogP contribution in [0.3, 0.4) is 0 Å². The molecule has 0 atom stereocenters. The van der Waals surface area contributed by atoms with E-state index in [0.29, 0.717) is 43.3 Å². The molecule has 1 aliphatic rings. The van der Waals surface area contributed by atoms with Gasteiger partial charge in [0.25, 0.3) is 0 Å². The number of anilines is 2. The maximum absolute atomic E-state index is 14.0. The van der Waals surface area contributed by atoms with Gasteiger partial charge in [-0.3, -0.25) is 4.79 Å². The first kappa shape index (κ1) is 19.0. The van der Waals surface area contributed by atoms with Crippen LogP contribution in [0.25, 0.3) is 0 Å². The van der Waals surface area contributed by atoms with E-state index in [1.807, 2.05) is 20.8 Å². The van der Waals surface area contributed by atoms with Gasteiger partial charge in [0.05, 0.1) is 11.4 Å². The second kappa shape index (κ2) is 8.18. The molecule has 2 N–H and O–H groups in total. The van der Waals surface area contributed by atoms with Crippen LogP contribution < -0.4 is 10.6 Å². The van der Waals surface area contributed by atoms with Gasteiger partial charge in [-0.25, -0.2) is 9.18 Å². The van der Waals surface area contributed by atoms with Gasteiger partial charge in [-0.2, -0.15) is 0 Å². The third-order valence-corrected chi connectivity index (χ3v) is 4.06. The summed E-state index contributed by atoms with van der Waals surface area (Å²) in [6.45, 7) is 7.37. The summed E-state index contributed by atoms with van der Waals surface area (Å²) in [5, 5.41) is 5.58. The van der Waals surface area contributed by atoms with Crippen molar-refractivity contribution in [3.63, 3.8) is 0 Å². The highest BCUT2D eigenvalue weighted by Crippen LogP contribution is 2.26. The van der Waals surface area contributed by atoms with E-state index in [-0.39, 0.29) is 6.09 Å². The van der Waals surface area contributed by atoms with Crippen LogP contribution in [-0.4, -0.2) is 42.6 Å². The zero-order valence-corrected chi connectivity index (χ0v) is 15.0. The lowest BCUT2D eigenvalue weighted by molar-refractivity contribution is -0.105. The summed E-state index contributed by atoms with van der Waals surface area (Å²) in [6.07, 6.45) is 1.87. The predicted octanol–water partition coefficient (Wildman–Crippen LogP) is 3.45. The standard InChI is InChI=1S/C18H26FN3O3/c1-18(2,3)25-17(24)22-9-7-13(8-10-22)11-20-16-14(19)5-4-6-15(16)21-12-23/h4-6,12-13,20H,7-11H2,1-3H3,(H,21,23). The predicted molar refractivity (Wildman–Crippen MR) is 95.1 cm³/mol. The number of para-hydroxylation sites is 1. The van der Waals surface area contributed by atoms with Crippen molar-refractivity contribution in [1.29, 1.82) is 0 Å². The van der Waals surface area contributed by atoms with Crippen molar-refractivity contribution in [3.8, 4) is 0 Å². The van der Waals surface area contributed by atoms with E-state index in [4.69, 9.17) is 4.74 Å². The minimum Gasteiger partial charge on any atom is -0.444 e. The summed E-state index contributed by atoms with van der Waals surface area (Å²) in [5.74, 6) is -0.0829. The molecule has 1 fully saturated rings. The normalized spacial score (nSPS) is 15.6. The Balaban J connectivity index is 1.85. The topological polar surface area (TPSA) is 70.7 Å². The summed E-state index contributed by atoms with van der Waals surface area (Å²) < 4.78 is 19.3. The summed E-state index contributed by atoms with van der Waals surface area (Å²) >= 11 is 0. The van der Waals surface area contributed by atoms with Gasteiger partial charge in [0.15, 0.2) is 0 Å². The number of nitrogens with zero attached hydrogens (tertiary/aromatic N) is 1. The van der Waals surface area contributed by atoms with Crippen LogP contribution in [0, 0.1) is 11.7 Å². The Kier molecular flexibility index (Phi) is 6.22. The Bertz CT molecular complexity index is 608. The molecule has 25 heavy (non-hydrogen) atoms. The minimum absolute atomic E-state index is 0.287. The number of piperidine rings is 1. The number of ether oxygens (including phenoxy) is 1. The molecule has 0 aromatic heterocycles. The molecule has 2 rings (SSSR count). The molecule has 0 aliphatic carbocycles. The first-order chi connectivity index (χ1) is 11.8. The molecular formula is C18H26FN3O3. The van der Waals surface area contributed by atoms with Crippen molar-refractivity contribution in [2.45, 2.75) is 39.2 Å². The summed E-state index contributed by atoms with van der Waals surface area (Å²) in [5.41, 5.74) is 0.216. The second-order valence-electron chi connectivity index (χ2n) is 7.22. The minimum atomic E-state index is -0.498. The Labute approximate surface area is 147 Å². The van der Waals surface area contributed by atoms with Gasteiger partial charge in [-0.1, -0.05) is 6.07 Å². The molecule has 1 heterocycles. The Hall–Kier alpha value is -2.31. The SMILES string of the molecule is CC(C)(C)OC(=O)N1CCC(CNc2c(F)cccc2NC=O)CC1. The Morgan fingerprint density at radius 2 is 2.04 bits per heavy atom. The van der Waals surface area contributed by atoms with Crippen molar-refractivity contribution in [2.75, 3.05) is 30.3 Å². The molecule has 0 unspecified atom stereocenters. The van der Waals surface area contributed by atoms with Gasteiger partial charge in [0, 0.05) is 19.6 Å². The van der Waals surface area contributed by atoms with E-state index in [9.17, 15) is 14.0 Å². The van der Waals surface area contributed by atoms with Crippen molar-refractivity contribution in [2.24, 2.45) is 5.92 Å². The van der Waals surface area contributed by atoms with Crippen molar-refractivity contribution in [3.05, 3.63) is 24.0 Å². The first-order valence-corrected chi connectivity index (χ1v) is 8.50. The Morgan fingerprint density at radius 3 is 2.64 bits per heavy atom. The average Bonchev–Trinajstić information content (AvgIpc) is 2.53. The molecule has 1 saturated heterocycles.